The standard InChI is InChI=1S/C18H20N4O3/c1-13-16(12-22-10-3-9-19-22)21-18(25-13)14-4-6-15(7-5-14)20-17(23)8-11-24-2/h3-7,9-10H,8,11-12H2,1-2H3,(H,20,23). The van der Waals surface area contributed by atoms with Crippen molar-refractivity contribution in [2.24, 2.45) is 0 Å². The average Bonchev–Trinajstić information content (AvgIpc) is 3.24. The van der Waals surface area contributed by atoms with Gasteiger partial charge < -0.3 is 14.5 Å². The van der Waals surface area contributed by atoms with Gasteiger partial charge in [0.2, 0.25) is 11.8 Å². The molecule has 1 aromatic carbocycles. The highest BCUT2D eigenvalue weighted by Gasteiger charge is 2.12. The van der Waals surface area contributed by atoms with Crippen molar-refractivity contribution >= 4 is 11.6 Å². The van der Waals surface area contributed by atoms with Crippen LogP contribution >= 0.6 is 0 Å². The van der Waals surface area contributed by atoms with Gasteiger partial charge in [0.1, 0.15) is 11.5 Å². The van der Waals surface area contributed by atoms with Crippen molar-refractivity contribution in [2.45, 2.75) is 19.9 Å². The summed E-state index contributed by atoms with van der Waals surface area (Å²) in [6, 6.07) is 9.26. The van der Waals surface area contributed by atoms with Crippen molar-refractivity contribution < 1.29 is 13.9 Å². The highest BCUT2D eigenvalue weighted by atomic mass is 16.5. The molecule has 0 aliphatic carbocycles. The molecule has 3 rings (SSSR count). The third kappa shape index (κ3) is 4.33. The number of aryl methyl sites for hydroxylation is 1. The second-order valence-electron chi connectivity index (χ2n) is 5.59. The van der Waals surface area contributed by atoms with Crippen molar-refractivity contribution in [1.29, 1.82) is 0 Å². The zero-order valence-corrected chi connectivity index (χ0v) is 14.2. The summed E-state index contributed by atoms with van der Waals surface area (Å²) in [6.07, 6.45) is 3.94. The molecule has 0 aliphatic heterocycles. The zero-order valence-electron chi connectivity index (χ0n) is 14.2. The first-order chi connectivity index (χ1) is 12.2. The maximum absolute atomic E-state index is 11.7. The first kappa shape index (κ1) is 16.9. The van der Waals surface area contributed by atoms with Crippen molar-refractivity contribution in [3.05, 3.63) is 54.2 Å². The molecule has 0 radical (unpaired) electrons. The highest BCUT2D eigenvalue weighted by Crippen LogP contribution is 2.23. The number of carbonyl (C=O) groups is 1. The monoisotopic (exact) mass is 340 g/mol. The quantitative estimate of drug-likeness (QED) is 0.715. The van der Waals surface area contributed by atoms with E-state index in [4.69, 9.17) is 9.15 Å². The summed E-state index contributed by atoms with van der Waals surface area (Å²) in [5, 5.41) is 7.00. The minimum absolute atomic E-state index is 0.0805. The summed E-state index contributed by atoms with van der Waals surface area (Å²) >= 11 is 0. The van der Waals surface area contributed by atoms with E-state index in [1.807, 2.05) is 43.5 Å². The van der Waals surface area contributed by atoms with Crippen LogP contribution in [-0.4, -0.2) is 34.4 Å². The Balaban J connectivity index is 1.69. The van der Waals surface area contributed by atoms with E-state index in [9.17, 15) is 4.79 Å². The van der Waals surface area contributed by atoms with Gasteiger partial charge in [0.25, 0.3) is 0 Å². The zero-order chi connectivity index (χ0) is 17.6. The van der Waals surface area contributed by atoms with Crippen molar-refractivity contribution in [1.82, 2.24) is 14.8 Å². The number of anilines is 1. The molecule has 0 spiro atoms. The molecule has 7 nitrogen and oxygen atoms in total. The van der Waals surface area contributed by atoms with Crippen molar-refractivity contribution in [3.8, 4) is 11.5 Å². The summed E-state index contributed by atoms with van der Waals surface area (Å²) in [5.74, 6) is 1.24. The topological polar surface area (TPSA) is 82.2 Å². The number of hydrogen-bond donors (Lipinski definition) is 1. The smallest absolute Gasteiger partial charge is 0.226 e. The van der Waals surface area contributed by atoms with Crippen molar-refractivity contribution in [2.75, 3.05) is 19.0 Å². The maximum Gasteiger partial charge on any atom is 0.226 e. The number of nitrogens with one attached hydrogen (secondary N) is 1. The number of carbonyl (C=O) groups excluding carboxylic acids is 1. The lowest BCUT2D eigenvalue weighted by molar-refractivity contribution is -0.117. The van der Waals surface area contributed by atoms with Gasteiger partial charge in [-0.05, 0) is 37.3 Å². The van der Waals surface area contributed by atoms with Crippen LogP contribution in [0.4, 0.5) is 5.69 Å². The second kappa shape index (κ2) is 7.76. The van der Waals surface area contributed by atoms with Crippen LogP contribution in [0.15, 0.2) is 47.1 Å². The Labute approximate surface area is 145 Å². The Kier molecular flexibility index (Phi) is 5.25. The fraction of sp³-hybridized carbons (Fsp3) is 0.278. The Morgan fingerprint density at radius 1 is 1.32 bits per heavy atom. The lowest BCUT2D eigenvalue weighted by Crippen LogP contribution is -2.13. The van der Waals surface area contributed by atoms with E-state index in [-0.39, 0.29) is 5.91 Å². The van der Waals surface area contributed by atoms with Gasteiger partial charge in [0, 0.05) is 30.8 Å². The van der Waals surface area contributed by atoms with Crippen LogP contribution in [0.1, 0.15) is 17.9 Å². The van der Waals surface area contributed by atoms with Crippen LogP contribution in [0.25, 0.3) is 11.5 Å². The molecule has 0 saturated carbocycles. The number of methoxy groups -OCH3 is 1. The molecule has 0 bridgehead atoms. The number of rotatable bonds is 7. The van der Waals surface area contributed by atoms with Gasteiger partial charge in [0.15, 0.2) is 0 Å². The van der Waals surface area contributed by atoms with Gasteiger partial charge in [-0.3, -0.25) is 9.48 Å². The number of aromatic nitrogens is 3. The largest absolute Gasteiger partial charge is 0.441 e. The first-order valence-electron chi connectivity index (χ1n) is 7.98. The van der Waals surface area contributed by atoms with Gasteiger partial charge in [-0.15, -0.1) is 0 Å². The van der Waals surface area contributed by atoms with Gasteiger partial charge in [-0.1, -0.05) is 0 Å². The van der Waals surface area contributed by atoms with Gasteiger partial charge in [-0.2, -0.15) is 5.10 Å². The Morgan fingerprint density at radius 3 is 2.80 bits per heavy atom. The molecule has 3 aromatic rings. The van der Waals surface area contributed by atoms with Gasteiger partial charge in [-0.25, -0.2) is 4.98 Å². The fourth-order valence-electron chi connectivity index (χ4n) is 2.36. The van der Waals surface area contributed by atoms with Crippen LogP contribution in [0.5, 0.6) is 0 Å². The average molecular weight is 340 g/mol. The molecule has 7 heteroatoms. The van der Waals surface area contributed by atoms with E-state index in [2.05, 4.69) is 15.4 Å². The summed E-state index contributed by atoms with van der Waals surface area (Å²) in [7, 11) is 1.57. The second-order valence-corrected chi connectivity index (χ2v) is 5.59. The molecule has 0 atom stereocenters. The summed E-state index contributed by atoms with van der Waals surface area (Å²) < 4.78 is 12.5. The lowest BCUT2D eigenvalue weighted by atomic mass is 10.2. The minimum Gasteiger partial charge on any atom is -0.441 e. The van der Waals surface area contributed by atoms with Gasteiger partial charge >= 0.3 is 0 Å². The maximum atomic E-state index is 11.7. The van der Waals surface area contributed by atoms with E-state index in [1.165, 1.54) is 0 Å². The van der Waals surface area contributed by atoms with E-state index in [1.54, 1.807) is 18.0 Å². The molecule has 25 heavy (non-hydrogen) atoms. The van der Waals surface area contributed by atoms with Crippen LogP contribution in [0.3, 0.4) is 0 Å². The number of benzene rings is 1. The molecular weight excluding hydrogens is 320 g/mol. The van der Waals surface area contributed by atoms with E-state index in [0.29, 0.717) is 25.5 Å². The van der Waals surface area contributed by atoms with E-state index < -0.39 is 0 Å². The number of nitrogens with zero attached hydrogens (tertiary/aromatic N) is 3. The van der Waals surface area contributed by atoms with Crippen LogP contribution in [0.2, 0.25) is 0 Å². The number of oxazole rings is 1. The molecule has 0 unspecified atom stereocenters. The number of ether oxygens (including phenoxy) is 1. The SMILES string of the molecule is COCCC(=O)Nc1ccc(-c2nc(Cn3cccn3)c(C)o2)cc1. The predicted molar refractivity (Wildman–Crippen MR) is 93.1 cm³/mol. The first-order valence-corrected chi connectivity index (χ1v) is 7.98. The highest BCUT2D eigenvalue weighted by molar-refractivity contribution is 5.90. The molecule has 2 aromatic heterocycles. The van der Waals surface area contributed by atoms with Crippen LogP contribution in [0, 0.1) is 6.92 Å². The Hall–Kier alpha value is -2.93. The molecule has 130 valence electrons. The molecule has 1 N–H and O–H groups in total. The van der Waals surface area contributed by atoms with Crippen molar-refractivity contribution in [3.63, 3.8) is 0 Å². The minimum atomic E-state index is -0.0805. The third-order valence-corrected chi connectivity index (χ3v) is 3.71. The van der Waals surface area contributed by atoms with Gasteiger partial charge in [0.05, 0.1) is 19.6 Å². The summed E-state index contributed by atoms with van der Waals surface area (Å²) in [6.45, 7) is 2.86. The van der Waals surface area contributed by atoms with E-state index >= 15 is 0 Å². The fourth-order valence-corrected chi connectivity index (χ4v) is 2.36. The molecular formula is C18H20N4O3. The van der Waals surface area contributed by atoms with Crippen LogP contribution < -0.4 is 5.32 Å². The summed E-state index contributed by atoms with van der Waals surface area (Å²) in [5.41, 5.74) is 2.42. The normalized spacial score (nSPS) is 10.8. The summed E-state index contributed by atoms with van der Waals surface area (Å²) in [4.78, 5) is 16.3. The Bertz CT molecular complexity index is 823. The molecule has 0 fully saturated rings. The van der Waals surface area contributed by atoms with Crippen LogP contribution in [-0.2, 0) is 16.1 Å². The molecule has 0 aliphatic rings. The molecule has 2 heterocycles. The number of hydrogen-bond acceptors (Lipinski definition) is 5. The third-order valence-electron chi connectivity index (χ3n) is 3.71. The lowest BCUT2D eigenvalue weighted by Gasteiger charge is -2.05. The molecule has 0 saturated heterocycles. The predicted octanol–water partition coefficient (Wildman–Crippen LogP) is 2.87. The Morgan fingerprint density at radius 2 is 2.12 bits per heavy atom. The number of amides is 1. The van der Waals surface area contributed by atoms with E-state index in [0.717, 1.165) is 22.7 Å². The molecule has 1 amide bonds.